The molecule has 1 aliphatic carbocycles. The van der Waals surface area contributed by atoms with Gasteiger partial charge >= 0.3 is 0 Å². The zero-order chi connectivity index (χ0) is 13.1. The fourth-order valence-corrected chi connectivity index (χ4v) is 2.95. The van der Waals surface area contributed by atoms with E-state index in [0.717, 1.165) is 40.8 Å². The molecule has 2 rings (SSSR count). The van der Waals surface area contributed by atoms with Crippen molar-refractivity contribution in [2.75, 3.05) is 21.3 Å². The van der Waals surface area contributed by atoms with Crippen LogP contribution in [0.15, 0.2) is 12.1 Å². The average Bonchev–Trinajstić information content (AvgIpc) is 2.58. The van der Waals surface area contributed by atoms with Crippen LogP contribution in [0.3, 0.4) is 0 Å². The lowest BCUT2D eigenvalue weighted by molar-refractivity contribution is 0.323. The van der Waals surface area contributed by atoms with E-state index in [2.05, 4.69) is 22.0 Å². The predicted molar refractivity (Wildman–Crippen MR) is 75.9 cm³/mol. The van der Waals surface area contributed by atoms with Gasteiger partial charge in [-0.15, -0.1) is 0 Å². The van der Waals surface area contributed by atoms with Crippen LogP contribution in [-0.2, 0) is 6.42 Å². The smallest absolute Gasteiger partial charge is 0.203 e. The minimum absolute atomic E-state index is 0.644. The fraction of sp³-hybridized carbons (Fsp3) is 0.429. The van der Waals surface area contributed by atoms with Crippen LogP contribution in [0.25, 0.3) is 4.48 Å². The van der Waals surface area contributed by atoms with E-state index in [-0.39, 0.29) is 0 Å². The van der Waals surface area contributed by atoms with Gasteiger partial charge in [-0.25, -0.2) is 0 Å². The van der Waals surface area contributed by atoms with E-state index in [9.17, 15) is 0 Å². The maximum absolute atomic E-state index is 5.53. The lowest BCUT2D eigenvalue weighted by Gasteiger charge is -2.18. The molecule has 0 spiro atoms. The molecule has 1 aromatic carbocycles. The molecule has 0 amide bonds. The largest absolute Gasteiger partial charge is 0.493 e. The first-order chi connectivity index (χ1) is 8.72. The van der Waals surface area contributed by atoms with Gasteiger partial charge in [-0.1, -0.05) is 22.0 Å². The van der Waals surface area contributed by atoms with E-state index in [4.69, 9.17) is 14.2 Å². The third-order valence-corrected chi connectivity index (χ3v) is 3.84. The Morgan fingerprint density at radius 1 is 1.06 bits per heavy atom. The molecule has 0 radical (unpaired) electrons. The van der Waals surface area contributed by atoms with Crippen molar-refractivity contribution in [3.63, 3.8) is 0 Å². The Morgan fingerprint density at radius 2 is 1.78 bits per heavy atom. The highest BCUT2D eigenvalue weighted by Gasteiger charge is 2.22. The molecule has 0 unspecified atom stereocenters. The summed E-state index contributed by atoms with van der Waals surface area (Å²) in [6.45, 7) is 0. The number of ether oxygens (including phenoxy) is 3. The Hall–Kier alpha value is -1.16. The third-order valence-electron chi connectivity index (χ3n) is 3.12. The molecule has 0 fully saturated rings. The van der Waals surface area contributed by atoms with Crippen molar-refractivity contribution < 1.29 is 14.2 Å². The van der Waals surface area contributed by atoms with E-state index >= 15 is 0 Å². The van der Waals surface area contributed by atoms with Gasteiger partial charge in [0.15, 0.2) is 11.5 Å². The van der Waals surface area contributed by atoms with Crippen LogP contribution in [-0.4, -0.2) is 21.3 Å². The van der Waals surface area contributed by atoms with Gasteiger partial charge < -0.3 is 14.2 Å². The minimum atomic E-state index is 0.644. The Bertz CT molecular complexity index is 480. The molecular weight excluding hydrogens is 296 g/mol. The molecule has 3 nitrogen and oxygen atoms in total. The molecule has 0 N–H and O–H groups in total. The second-order valence-electron chi connectivity index (χ2n) is 4.12. The molecule has 1 aliphatic rings. The number of halogens is 1. The van der Waals surface area contributed by atoms with Gasteiger partial charge in [0.1, 0.15) is 0 Å². The zero-order valence-corrected chi connectivity index (χ0v) is 12.5. The van der Waals surface area contributed by atoms with Crippen molar-refractivity contribution in [1.29, 1.82) is 0 Å². The Kier molecular flexibility index (Phi) is 4.17. The average molecular weight is 313 g/mol. The molecule has 4 heteroatoms. The summed E-state index contributed by atoms with van der Waals surface area (Å²) in [4.78, 5) is 0. The van der Waals surface area contributed by atoms with Crippen LogP contribution in [0.2, 0.25) is 0 Å². The quantitative estimate of drug-likeness (QED) is 0.850. The molecule has 0 heterocycles. The van der Waals surface area contributed by atoms with Gasteiger partial charge in [0.2, 0.25) is 5.75 Å². The lowest BCUT2D eigenvalue weighted by Crippen LogP contribution is -2.01. The van der Waals surface area contributed by atoms with Crippen LogP contribution in [0.5, 0.6) is 17.2 Å². The van der Waals surface area contributed by atoms with E-state index < -0.39 is 0 Å². The molecule has 0 bridgehead atoms. The number of aryl methyl sites for hydroxylation is 1. The summed E-state index contributed by atoms with van der Waals surface area (Å²) in [6, 6.07) is 2.04. The maximum Gasteiger partial charge on any atom is 0.203 e. The Balaban J connectivity index is 2.72. The number of allylic oxidation sites excluding steroid dienone is 1. The standard InChI is InChI=1S/C14H17BrO3/c1-16-11-8-9-6-4-5-7-10(15)12(9)14(18-3)13(11)17-2/h7-8H,4-6H2,1-3H3. The van der Waals surface area contributed by atoms with Crippen LogP contribution in [0.4, 0.5) is 0 Å². The van der Waals surface area contributed by atoms with Gasteiger partial charge in [-0.3, -0.25) is 0 Å². The van der Waals surface area contributed by atoms with Gasteiger partial charge in [0.25, 0.3) is 0 Å². The van der Waals surface area contributed by atoms with Crippen LogP contribution in [0.1, 0.15) is 24.0 Å². The van der Waals surface area contributed by atoms with Crippen LogP contribution >= 0.6 is 15.9 Å². The van der Waals surface area contributed by atoms with E-state index in [0.29, 0.717) is 5.75 Å². The highest BCUT2D eigenvalue weighted by atomic mass is 79.9. The summed E-state index contributed by atoms with van der Waals surface area (Å²) in [5.41, 5.74) is 2.30. The summed E-state index contributed by atoms with van der Waals surface area (Å²) >= 11 is 3.62. The van der Waals surface area contributed by atoms with Crippen molar-refractivity contribution in [2.24, 2.45) is 0 Å². The number of fused-ring (bicyclic) bond motifs is 1. The highest BCUT2D eigenvalue weighted by Crippen LogP contribution is 2.47. The molecular formula is C14H17BrO3. The molecule has 0 saturated carbocycles. The monoisotopic (exact) mass is 312 g/mol. The summed E-state index contributed by atoms with van der Waals surface area (Å²) < 4.78 is 17.4. The second-order valence-corrected chi connectivity index (χ2v) is 4.98. The fourth-order valence-electron chi connectivity index (χ4n) is 2.29. The molecule has 18 heavy (non-hydrogen) atoms. The Morgan fingerprint density at radius 3 is 2.39 bits per heavy atom. The number of methoxy groups -OCH3 is 3. The lowest BCUT2D eigenvalue weighted by atomic mass is 10.0. The van der Waals surface area contributed by atoms with Crippen LogP contribution < -0.4 is 14.2 Å². The maximum atomic E-state index is 5.53. The normalized spacial score (nSPS) is 14.3. The summed E-state index contributed by atoms with van der Waals surface area (Å²) in [7, 11) is 4.93. The minimum Gasteiger partial charge on any atom is -0.493 e. The first-order valence-electron chi connectivity index (χ1n) is 5.90. The zero-order valence-electron chi connectivity index (χ0n) is 10.9. The number of benzene rings is 1. The summed E-state index contributed by atoms with van der Waals surface area (Å²) in [6.07, 6.45) is 5.38. The van der Waals surface area contributed by atoms with E-state index in [1.807, 2.05) is 6.07 Å². The predicted octanol–water partition coefficient (Wildman–Crippen LogP) is 3.78. The van der Waals surface area contributed by atoms with Gasteiger partial charge in [0.05, 0.1) is 21.3 Å². The third kappa shape index (κ3) is 2.21. The topological polar surface area (TPSA) is 27.7 Å². The molecule has 0 aliphatic heterocycles. The van der Waals surface area contributed by atoms with Crippen molar-refractivity contribution in [3.8, 4) is 17.2 Å². The highest BCUT2D eigenvalue weighted by molar-refractivity contribution is 9.15. The molecule has 98 valence electrons. The molecule has 1 aromatic rings. The number of hydrogen-bond acceptors (Lipinski definition) is 3. The second kappa shape index (κ2) is 5.65. The van der Waals surface area contributed by atoms with Gasteiger partial charge in [-0.05, 0) is 30.9 Å². The summed E-state index contributed by atoms with van der Waals surface area (Å²) in [5.74, 6) is 2.10. The van der Waals surface area contributed by atoms with Gasteiger partial charge in [0, 0.05) is 10.0 Å². The molecule has 0 saturated heterocycles. The van der Waals surface area contributed by atoms with Crippen molar-refractivity contribution >= 4 is 20.4 Å². The Labute approximate surface area is 116 Å². The van der Waals surface area contributed by atoms with E-state index in [1.165, 1.54) is 5.56 Å². The van der Waals surface area contributed by atoms with Crippen molar-refractivity contribution in [3.05, 3.63) is 23.3 Å². The van der Waals surface area contributed by atoms with E-state index in [1.54, 1.807) is 21.3 Å². The SMILES string of the molecule is COc1cc2c(c(OC)c1OC)C(Br)=CCCC2. The van der Waals surface area contributed by atoms with Crippen molar-refractivity contribution in [2.45, 2.75) is 19.3 Å². The molecule has 0 atom stereocenters. The van der Waals surface area contributed by atoms with Crippen LogP contribution in [0, 0.1) is 0 Å². The van der Waals surface area contributed by atoms with Gasteiger partial charge in [-0.2, -0.15) is 0 Å². The van der Waals surface area contributed by atoms with Crippen molar-refractivity contribution in [1.82, 2.24) is 0 Å². The first kappa shape index (κ1) is 13.3. The summed E-state index contributed by atoms with van der Waals surface area (Å²) in [5, 5.41) is 0. The number of hydrogen-bond donors (Lipinski definition) is 0. The first-order valence-corrected chi connectivity index (χ1v) is 6.70. The number of rotatable bonds is 3. The molecule has 0 aromatic heterocycles.